The number of hydrogen-bond acceptors (Lipinski definition) is 1. The fourth-order valence-corrected chi connectivity index (χ4v) is 2.17. The molecule has 0 aromatic heterocycles. The monoisotopic (exact) mass is 239 g/mol. The molecule has 18 heavy (non-hydrogen) atoms. The Morgan fingerprint density at radius 1 is 1.06 bits per heavy atom. The maximum absolute atomic E-state index is 5.72. The zero-order chi connectivity index (χ0) is 13.1. The van der Waals surface area contributed by atoms with Gasteiger partial charge >= 0.3 is 0 Å². The van der Waals surface area contributed by atoms with Crippen LogP contribution in [-0.4, -0.2) is 0 Å². The van der Waals surface area contributed by atoms with Crippen LogP contribution < -0.4 is 5.73 Å². The van der Waals surface area contributed by atoms with Crippen molar-refractivity contribution in [2.75, 3.05) is 0 Å². The highest BCUT2D eigenvalue weighted by molar-refractivity contribution is 5.68. The Balaban J connectivity index is 2.50. The van der Waals surface area contributed by atoms with Crippen LogP contribution in [0.15, 0.2) is 42.5 Å². The normalized spacial score (nSPS) is 10.9. The van der Waals surface area contributed by atoms with Gasteiger partial charge in [-0.2, -0.15) is 0 Å². The molecule has 1 heteroatoms. The molecule has 0 aliphatic rings. The van der Waals surface area contributed by atoms with Crippen molar-refractivity contribution >= 4 is 0 Å². The fourth-order valence-electron chi connectivity index (χ4n) is 2.17. The van der Waals surface area contributed by atoms with Gasteiger partial charge < -0.3 is 5.73 Å². The van der Waals surface area contributed by atoms with Crippen LogP contribution in [0.2, 0.25) is 0 Å². The summed E-state index contributed by atoms with van der Waals surface area (Å²) in [5.41, 5.74) is 12.2. The predicted octanol–water partition coefficient (Wildman–Crippen LogP) is 4.24. The van der Waals surface area contributed by atoms with Crippen LogP contribution in [0.3, 0.4) is 0 Å². The van der Waals surface area contributed by atoms with Crippen LogP contribution in [0, 0.1) is 6.92 Å². The molecule has 2 rings (SSSR count). The van der Waals surface area contributed by atoms with E-state index >= 15 is 0 Å². The summed E-state index contributed by atoms with van der Waals surface area (Å²) in [4.78, 5) is 0. The Hall–Kier alpha value is -1.60. The first-order chi connectivity index (χ1) is 8.61. The molecular weight excluding hydrogens is 218 g/mol. The van der Waals surface area contributed by atoms with Crippen molar-refractivity contribution in [3.8, 4) is 11.1 Å². The number of hydrogen-bond donors (Lipinski definition) is 1. The Morgan fingerprint density at radius 2 is 1.83 bits per heavy atom. The Morgan fingerprint density at radius 3 is 2.50 bits per heavy atom. The minimum atomic E-state index is 0.558. The lowest BCUT2D eigenvalue weighted by atomic mass is 9.94. The van der Waals surface area contributed by atoms with Gasteiger partial charge in [-0.05, 0) is 46.7 Å². The second-order valence-corrected chi connectivity index (χ2v) is 5.13. The molecule has 0 saturated carbocycles. The Kier molecular flexibility index (Phi) is 3.83. The summed E-state index contributed by atoms with van der Waals surface area (Å²) >= 11 is 0. The molecule has 2 aromatic carbocycles. The van der Waals surface area contributed by atoms with Gasteiger partial charge in [0.15, 0.2) is 0 Å². The van der Waals surface area contributed by atoms with Crippen LogP contribution in [-0.2, 0) is 6.54 Å². The highest BCUT2D eigenvalue weighted by Gasteiger charge is 2.05. The molecule has 1 nitrogen and oxygen atoms in total. The van der Waals surface area contributed by atoms with Crippen molar-refractivity contribution in [2.45, 2.75) is 33.2 Å². The van der Waals surface area contributed by atoms with Gasteiger partial charge in [0.1, 0.15) is 0 Å². The lowest BCUT2D eigenvalue weighted by Crippen LogP contribution is -1.97. The van der Waals surface area contributed by atoms with Crippen molar-refractivity contribution in [1.82, 2.24) is 0 Å². The van der Waals surface area contributed by atoms with Gasteiger partial charge in [0.05, 0.1) is 0 Å². The number of benzene rings is 2. The van der Waals surface area contributed by atoms with Crippen molar-refractivity contribution in [3.63, 3.8) is 0 Å². The molecule has 0 heterocycles. The molecule has 0 unspecified atom stereocenters. The second kappa shape index (κ2) is 5.36. The molecule has 2 aromatic rings. The zero-order valence-electron chi connectivity index (χ0n) is 11.4. The standard InChI is InChI=1S/C17H21N/c1-12(2)15-5-4-6-16(10-15)17-9-14(11-18)8-7-13(17)3/h4-10,12H,11,18H2,1-3H3. The minimum Gasteiger partial charge on any atom is -0.326 e. The summed E-state index contributed by atoms with van der Waals surface area (Å²) in [5, 5.41) is 0. The van der Waals surface area contributed by atoms with E-state index in [1.165, 1.54) is 27.8 Å². The number of nitrogens with two attached hydrogens (primary N) is 1. The molecule has 0 fully saturated rings. The van der Waals surface area contributed by atoms with Gasteiger partial charge in [-0.25, -0.2) is 0 Å². The van der Waals surface area contributed by atoms with Crippen LogP contribution in [0.4, 0.5) is 0 Å². The van der Waals surface area contributed by atoms with Crippen molar-refractivity contribution in [3.05, 3.63) is 59.2 Å². The average molecular weight is 239 g/mol. The van der Waals surface area contributed by atoms with E-state index in [1.807, 2.05) is 0 Å². The summed E-state index contributed by atoms with van der Waals surface area (Å²) in [5.74, 6) is 0.558. The molecule has 0 aliphatic heterocycles. The molecule has 2 N–H and O–H groups in total. The van der Waals surface area contributed by atoms with E-state index in [4.69, 9.17) is 5.73 Å². The third-order valence-corrected chi connectivity index (χ3v) is 3.40. The van der Waals surface area contributed by atoms with Gasteiger partial charge in [0.25, 0.3) is 0 Å². The molecule has 94 valence electrons. The second-order valence-electron chi connectivity index (χ2n) is 5.13. The summed E-state index contributed by atoms with van der Waals surface area (Å²) in [7, 11) is 0. The number of aryl methyl sites for hydroxylation is 1. The summed E-state index contributed by atoms with van der Waals surface area (Å²) in [6, 6.07) is 15.2. The van der Waals surface area contributed by atoms with Gasteiger partial charge in [0.2, 0.25) is 0 Å². The van der Waals surface area contributed by atoms with E-state index in [2.05, 4.69) is 63.2 Å². The third-order valence-electron chi connectivity index (χ3n) is 3.40. The van der Waals surface area contributed by atoms with E-state index in [0.29, 0.717) is 12.5 Å². The Bertz CT molecular complexity index is 541. The first-order valence-electron chi connectivity index (χ1n) is 6.51. The number of rotatable bonds is 3. The topological polar surface area (TPSA) is 26.0 Å². The van der Waals surface area contributed by atoms with Crippen molar-refractivity contribution in [1.29, 1.82) is 0 Å². The lowest BCUT2D eigenvalue weighted by Gasteiger charge is -2.11. The predicted molar refractivity (Wildman–Crippen MR) is 78.6 cm³/mol. The van der Waals surface area contributed by atoms with Gasteiger partial charge in [-0.15, -0.1) is 0 Å². The third kappa shape index (κ3) is 2.62. The van der Waals surface area contributed by atoms with E-state index in [9.17, 15) is 0 Å². The summed E-state index contributed by atoms with van der Waals surface area (Å²) < 4.78 is 0. The molecular formula is C17H21N. The molecule has 0 bridgehead atoms. The first-order valence-corrected chi connectivity index (χ1v) is 6.51. The molecule has 0 radical (unpaired) electrons. The molecule has 0 saturated heterocycles. The van der Waals surface area contributed by atoms with E-state index in [0.717, 1.165) is 0 Å². The van der Waals surface area contributed by atoms with E-state index in [1.54, 1.807) is 0 Å². The minimum absolute atomic E-state index is 0.558. The van der Waals surface area contributed by atoms with Crippen LogP contribution in [0.5, 0.6) is 0 Å². The quantitative estimate of drug-likeness (QED) is 0.851. The maximum Gasteiger partial charge on any atom is 0.0178 e. The van der Waals surface area contributed by atoms with Crippen LogP contribution in [0.1, 0.15) is 36.5 Å². The van der Waals surface area contributed by atoms with Crippen LogP contribution in [0.25, 0.3) is 11.1 Å². The average Bonchev–Trinajstić information content (AvgIpc) is 2.39. The summed E-state index contributed by atoms with van der Waals surface area (Å²) in [6.45, 7) is 7.19. The molecule has 0 spiro atoms. The summed E-state index contributed by atoms with van der Waals surface area (Å²) in [6.07, 6.45) is 0. The van der Waals surface area contributed by atoms with Gasteiger partial charge in [-0.3, -0.25) is 0 Å². The highest BCUT2D eigenvalue weighted by Crippen LogP contribution is 2.27. The van der Waals surface area contributed by atoms with Gasteiger partial charge in [-0.1, -0.05) is 50.2 Å². The van der Waals surface area contributed by atoms with E-state index in [-0.39, 0.29) is 0 Å². The smallest absolute Gasteiger partial charge is 0.0178 e. The fraction of sp³-hybridized carbons (Fsp3) is 0.294. The van der Waals surface area contributed by atoms with Gasteiger partial charge in [0, 0.05) is 6.54 Å². The van der Waals surface area contributed by atoms with Crippen molar-refractivity contribution in [2.24, 2.45) is 5.73 Å². The first kappa shape index (κ1) is 12.8. The molecule has 0 aliphatic carbocycles. The van der Waals surface area contributed by atoms with Crippen LogP contribution >= 0.6 is 0 Å². The zero-order valence-corrected chi connectivity index (χ0v) is 11.4. The SMILES string of the molecule is Cc1ccc(CN)cc1-c1cccc(C(C)C)c1. The Labute approximate surface area is 110 Å². The maximum atomic E-state index is 5.72. The molecule has 0 atom stereocenters. The lowest BCUT2D eigenvalue weighted by molar-refractivity contribution is 0.867. The largest absolute Gasteiger partial charge is 0.326 e. The van der Waals surface area contributed by atoms with Crippen molar-refractivity contribution < 1.29 is 0 Å². The van der Waals surface area contributed by atoms with E-state index < -0.39 is 0 Å². The highest BCUT2D eigenvalue weighted by atomic mass is 14.5. The molecule has 0 amide bonds.